The molecule has 2 fully saturated rings. The Hall–Kier alpha value is -1.83. The highest BCUT2D eigenvalue weighted by atomic mass is 32.2. The van der Waals surface area contributed by atoms with Crippen molar-refractivity contribution in [3.05, 3.63) is 23.9 Å². The lowest BCUT2D eigenvalue weighted by Gasteiger charge is -2.39. The van der Waals surface area contributed by atoms with Crippen molar-refractivity contribution >= 4 is 15.8 Å². The minimum absolute atomic E-state index is 0.148. The molecule has 156 valence electrons. The van der Waals surface area contributed by atoms with Crippen LogP contribution in [0.5, 0.6) is 5.88 Å². The van der Waals surface area contributed by atoms with Gasteiger partial charge < -0.3 is 15.0 Å². The maximum absolute atomic E-state index is 12.2. The highest BCUT2D eigenvalue weighted by Gasteiger charge is 2.40. The van der Waals surface area contributed by atoms with E-state index >= 15 is 0 Å². The van der Waals surface area contributed by atoms with Gasteiger partial charge in [-0.15, -0.1) is 0 Å². The molecule has 1 aromatic rings. The number of hydrogen-bond acceptors (Lipinski definition) is 5. The van der Waals surface area contributed by atoms with E-state index in [2.05, 4.69) is 15.3 Å². The molecule has 0 bridgehead atoms. The molecule has 1 saturated heterocycles. The zero-order valence-corrected chi connectivity index (χ0v) is 18.0. The summed E-state index contributed by atoms with van der Waals surface area (Å²) in [4.78, 5) is 10.8. The van der Waals surface area contributed by atoms with Crippen molar-refractivity contribution in [1.82, 2.24) is 15.2 Å². The summed E-state index contributed by atoms with van der Waals surface area (Å²) in [7, 11) is -1.35. The quantitative estimate of drug-likeness (QED) is 0.608. The molecule has 1 aromatic heterocycles. The molecule has 2 aliphatic rings. The predicted molar refractivity (Wildman–Crippen MR) is 111 cm³/mol. The summed E-state index contributed by atoms with van der Waals surface area (Å²) in [5, 5.41) is 3.32. The van der Waals surface area contributed by atoms with Gasteiger partial charge in [0.15, 0.2) is 15.8 Å². The van der Waals surface area contributed by atoms with Crippen molar-refractivity contribution in [2.75, 3.05) is 25.9 Å². The number of sulfone groups is 1. The molecule has 1 saturated carbocycles. The third-order valence-corrected chi connectivity index (χ3v) is 8.18. The Morgan fingerprint density at radius 3 is 2.68 bits per heavy atom. The highest BCUT2D eigenvalue weighted by Crippen LogP contribution is 2.24. The first-order valence-electron chi connectivity index (χ1n) is 10.1. The van der Waals surface area contributed by atoms with Gasteiger partial charge in [-0.3, -0.25) is 4.99 Å². The Labute approximate surface area is 168 Å². The molecular weight excluding hydrogens is 376 g/mol. The number of ether oxygens (including phenoxy) is 1. The molecule has 28 heavy (non-hydrogen) atoms. The average molecular weight is 409 g/mol. The first kappa shape index (κ1) is 20.9. The molecule has 1 aliphatic heterocycles. The van der Waals surface area contributed by atoms with E-state index in [1.807, 2.05) is 23.2 Å². The highest BCUT2D eigenvalue weighted by molar-refractivity contribution is 7.92. The van der Waals surface area contributed by atoms with Gasteiger partial charge in [-0.05, 0) is 45.1 Å². The number of rotatable bonds is 4. The lowest BCUT2D eigenvalue weighted by molar-refractivity contribution is 0.148. The maximum atomic E-state index is 12.2. The minimum Gasteiger partial charge on any atom is -0.474 e. The summed E-state index contributed by atoms with van der Waals surface area (Å²) in [6.07, 6.45) is 8.12. The molecule has 7 nitrogen and oxygen atoms in total. The second-order valence-corrected chi connectivity index (χ2v) is 11.0. The van der Waals surface area contributed by atoms with Crippen molar-refractivity contribution in [3.8, 4) is 5.88 Å². The fraction of sp³-hybridized carbons (Fsp3) is 0.700. The molecule has 0 radical (unpaired) electrons. The zero-order chi connectivity index (χ0) is 20.2. The van der Waals surface area contributed by atoms with Gasteiger partial charge in [0.05, 0.1) is 10.5 Å². The van der Waals surface area contributed by atoms with E-state index in [0.717, 1.165) is 18.4 Å². The lowest BCUT2D eigenvalue weighted by atomic mass is 9.98. The van der Waals surface area contributed by atoms with Crippen LogP contribution in [-0.4, -0.2) is 61.0 Å². The number of nitrogens with zero attached hydrogens (tertiary/aromatic N) is 3. The molecule has 0 amide bonds. The minimum atomic E-state index is -3.07. The zero-order valence-electron chi connectivity index (χ0n) is 17.1. The second kappa shape index (κ2) is 8.68. The number of aliphatic imine (C=N–C) groups is 1. The number of pyridine rings is 1. The summed E-state index contributed by atoms with van der Waals surface area (Å²) < 4.78 is 29.6. The van der Waals surface area contributed by atoms with Gasteiger partial charge in [0, 0.05) is 38.9 Å². The predicted octanol–water partition coefficient (Wildman–Crippen LogP) is 2.38. The summed E-state index contributed by atoms with van der Waals surface area (Å²) in [6, 6.07) is 3.93. The van der Waals surface area contributed by atoms with E-state index in [1.165, 1.54) is 19.3 Å². The largest absolute Gasteiger partial charge is 0.474 e. The molecule has 0 atom stereocenters. The molecule has 1 aliphatic carbocycles. The average Bonchev–Trinajstić information content (AvgIpc) is 2.67. The third kappa shape index (κ3) is 4.96. The summed E-state index contributed by atoms with van der Waals surface area (Å²) in [6.45, 7) is 5.01. The smallest absolute Gasteiger partial charge is 0.213 e. The Bertz CT molecular complexity index is 784. The Morgan fingerprint density at radius 1 is 1.32 bits per heavy atom. The van der Waals surface area contributed by atoms with Crippen LogP contribution in [0.2, 0.25) is 0 Å². The van der Waals surface area contributed by atoms with Gasteiger partial charge in [0.2, 0.25) is 5.88 Å². The van der Waals surface area contributed by atoms with Crippen molar-refractivity contribution in [2.45, 2.75) is 63.3 Å². The van der Waals surface area contributed by atoms with Gasteiger partial charge >= 0.3 is 0 Å². The van der Waals surface area contributed by atoms with E-state index in [0.29, 0.717) is 37.6 Å². The third-order valence-electron chi connectivity index (χ3n) is 5.64. The Kier molecular flexibility index (Phi) is 6.47. The van der Waals surface area contributed by atoms with Crippen LogP contribution < -0.4 is 10.1 Å². The topological polar surface area (TPSA) is 83.9 Å². The molecule has 0 spiro atoms. The van der Waals surface area contributed by atoms with E-state index in [1.54, 1.807) is 20.9 Å². The first-order chi connectivity index (χ1) is 13.3. The Morgan fingerprint density at radius 2 is 2.07 bits per heavy atom. The van der Waals surface area contributed by atoms with Crippen LogP contribution in [0.1, 0.15) is 51.5 Å². The fourth-order valence-corrected chi connectivity index (χ4v) is 5.14. The first-order valence-corrected chi connectivity index (χ1v) is 11.8. The molecule has 3 rings (SSSR count). The van der Waals surface area contributed by atoms with Crippen LogP contribution in [0.15, 0.2) is 23.3 Å². The normalized spacial score (nSPS) is 22.7. The maximum Gasteiger partial charge on any atom is 0.213 e. The van der Waals surface area contributed by atoms with E-state index in [9.17, 15) is 8.42 Å². The van der Waals surface area contributed by atoms with Gasteiger partial charge in [-0.2, -0.15) is 0 Å². The van der Waals surface area contributed by atoms with Crippen LogP contribution >= 0.6 is 0 Å². The SMILES string of the molecule is CN=C(NCc1ccc(OC2CCCCC2)nc1)N1CCS(=O)(=O)C(C)(C)C1. The van der Waals surface area contributed by atoms with Gasteiger partial charge in [0.1, 0.15) is 6.10 Å². The van der Waals surface area contributed by atoms with Crippen molar-refractivity contribution < 1.29 is 13.2 Å². The lowest BCUT2D eigenvalue weighted by Crippen LogP contribution is -2.57. The summed E-state index contributed by atoms with van der Waals surface area (Å²) in [5.74, 6) is 1.55. The molecule has 2 heterocycles. The number of guanidine groups is 1. The summed E-state index contributed by atoms with van der Waals surface area (Å²) in [5.41, 5.74) is 1.03. The number of hydrogen-bond donors (Lipinski definition) is 1. The van der Waals surface area contributed by atoms with Crippen LogP contribution in [0.3, 0.4) is 0 Å². The van der Waals surface area contributed by atoms with Crippen molar-refractivity contribution in [3.63, 3.8) is 0 Å². The number of nitrogens with one attached hydrogen (secondary N) is 1. The van der Waals surface area contributed by atoms with Gasteiger partial charge in [-0.1, -0.05) is 12.5 Å². The Balaban J connectivity index is 1.54. The van der Waals surface area contributed by atoms with Crippen molar-refractivity contribution in [2.24, 2.45) is 4.99 Å². The summed E-state index contributed by atoms with van der Waals surface area (Å²) >= 11 is 0. The molecule has 8 heteroatoms. The molecule has 1 N–H and O–H groups in total. The van der Waals surface area contributed by atoms with Crippen LogP contribution in [0.4, 0.5) is 0 Å². The standard InChI is InChI=1S/C20H32N4O3S/c1-20(2)15-24(11-12-28(20,25)26)19(21-3)23-14-16-9-10-18(22-13-16)27-17-7-5-4-6-8-17/h9-10,13,17H,4-8,11-12,14-15H2,1-3H3,(H,21,23). The van der Waals surface area contributed by atoms with Crippen LogP contribution in [-0.2, 0) is 16.4 Å². The van der Waals surface area contributed by atoms with Crippen LogP contribution in [0.25, 0.3) is 0 Å². The van der Waals surface area contributed by atoms with E-state index in [4.69, 9.17) is 4.74 Å². The van der Waals surface area contributed by atoms with E-state index in [-0.39, 0.29) is 5.75 Å². The van der Waals surface area contributed by atoms with Gasteiger partial charge in [0.25, 0.3) is 0 Å². The van der Waals surface area contributed by atoms with Crippen LogP contribution in [0, 0.1) is 0 Å². The van der Waals surface area contributed by atoms with E-state index < -0.39 is 14.6 Å². The van der Waals surface area contributed by atoms with Gasteiger partial charge in [-0.25, -0.2) is 13.4 Å². The van der Waals surface area contributed by atoms with Crippen molar-refractivity contribution in [1.29, 1.82) is 0 Å². The molecule has 0 aromatic carbocycles. The fourth-order valence-electron chi connectivity index (χ4n) is 3.78. The number of aromatic nitrogens is 1. The second-order valence-electron chi connectivity index (χ2n) is 8.28. The monoisotopic (exact) mass is 408 g/mol. The molecule has 0 unspecified atom stereocenters. The molecular formula is C20H32N4O3S.